The number of methoxy groups -OCH3 is 1. The van der Waals surface area contributed by atoms with Gasteiger partial charge in [-0.1, -0.05) is 26.0 Å². The molecule has 23 heavy (non-hydrogen) atoms. The largest absolute Gasteiger partial charge is 0.496 e. The minimum Gasteiger partial charge on any atom is -0.496 e. The fraction of sp³-hybridized carbons (Fsp3) is 0.476. The first kappa shape index (κ1) is 14.7. The van der Waals surface area contributed by atoms with Crippen molar-refractivity contribution in [3.8, 4) is 5.75 Å². The lowest BCUT2D eigenvalue weighted by atomic mass is 9.70. The normalized spacial score (nSPS) is 22.7. The average Bonchev–Trinajstić information content (AvgIpc) is 2.80. The van der Waals surface area contributed by atoms with Gasteiger partial charge in [0.15, 0.2) is 0 Å². The quantitative estimate of drug-likeness (QED) is 0.804. The molecule has 4 rings (SSSR count). The number of fused-ring (bicyclic) bond motifs is 2. The zero-order valence-electron chi connectivity index (χ0n) is 14.5. The van der Waals surface area contributed by atoms with E-state index in [1.807, 2.05) is 0 Å². The Morgan fingerprint density at radius 1 is 1.17 bits per heavy atom. The van der Waals surface area contributed by atoms with Crippen LogP contribution in [0.4, 0.5) is 0 Å². The summed E-state index contributed by atoms with van der Waals surface area (Å²) in [5.74, 6) is 1.78. The van der Waals surface area contributed by atoms with Gasteiger partial charge in [0.1, 0.15) is 11.5 Å². The summed E-state index contributed by atoms with van der Waals surface area (Å²) in [4.78, 5) is 12.7. The number of hydrogen-bond acceptors (Lipinski definition) is 2. The van der Waals surface area contributed by atoms with E-state index in [9.17, 15) is 4.79 Å². The number of rotatable bonds is 2. The highest BCUT2D eigenvalue weighted by molar-refractivity contribution is 6.04. The second-order valence-corrected chi connectivity index (χ2v) is 7.61. The lowest BCUT2D eigenvalue weighted by Gasteiger charge is -2.32. The zero-order valence-corrected chi connectivity index (χ0v) is 14.5. The molecule has 0 saturated carbocycles. The number of aryl methyl sites for hydroxylation is 1. The van der Waals surface area contributed by atoms with Crippen molar-refractivity contribution >= 4 is 16.6 Å². The van der Waals surface area contributed by atoms with Crippen molar-refractivity contribution in [2.24, 2.45) is 0 Å². The van der Waals surface area contributed by atoms with Crippen molar-refractivity contribution in [3.05, 3.63) is 40.5 Å². The Kier molecular flexibility index (Phi) is 3.10. The molecule has 0 bridgehead atoms. The van der Waals surface area contributed by atoms with Crippen LogP contribution in [-0.4, -0.2) is 12.9 Å². The van der Waals surface area contributed by atoms with E-state index < -0.39 is 0 Å². The molecule has 0 amide bonds. The van der Waals surface area contributed by atoms with Crippen LogP contribution < -0.4 is 4.74 Å². The summed E-state index contributed by atoms with van der Waals surface area (Å²) < 4.78 is 5.82. The molecular weight excluding hydrogens is 284 g/mol. The monoisotopic (exact) mass is 308 g/mol. The molecule has 0 N–H and O–H groups in total. The highest BCUT2D eigenvalue weighted by Crippen LogP contribution is 2.52. The van der Waals surface area contributed by atoms with Gasteiger partial charge in [0, 0.05) is 17.4 Å². The van der Waals surface area contributed by atoms with E-state index in [-0.39, 0.29) is 5.41 Å². The molecule has 2 aliphatic carbocycles. The Hall–Kier alpha value is -1.83. The molecule has 2 aromatic carbocycles. The summed E-state index contributed by atoms with van der Waals surface area (Å²) >= 11 is 0. The number of Topliss-reactive ketones (excluding diaryl/α,β-unsaturated/α-hetero) is 1. The fourth-order valence-electron chi connectivity index (χ4n) is 4.67. The minimum absolute atomic E-state index is 0.291. The maximum atomic E-state index is 12.7. The molecule has 0 spiro atoms. The second-order valence-electron chi connectivity index (χ2n) is 7.61. The Labute approximate surface area is 137 Å². The van der Waals surface area contributed by atoms with Gasteiger partial charge in [-0.25, -0.2) is 0 Å². The highest BCUT2D eigenvalue weighted by Gasteiger charge is 2.47. The van der Waals surface area contributed by atoms with E-state index in [1.54, 1.807) is 7.11 Å². The van der Waals surface area contributed by atoms with E-state index in [0.717, 1.165) is 30.6 Å². The first-order valence-corrected chi connectivity index (χ1v) is 8.66. The summed E-state index contributed by atoms with van der Waals surface area (Å²) in [5.41, 5.74) is 4.87. The third-order valence-corrected chi connectivity index (χ3v) is 5.97. The molecule has 2 aliphatic rings. The van der Waals surface area contributed by atoms with E-state index in [1.165, 1.54) is 27.5 Å². The van der Waals surface area contributed by atoms with Crippen molar-refractivity contribution < 1.29 is 9.53 Å². The number of carbonyl (C=O) groups is 1. The highest BCUT2D eigenvalue weighted by atomic mass is 16.5. The molecule has 0 saturated heterocycles. The molecule has 0 heterocycles. The van der Waals surface area contributed by atoms with Crippen LogP contribution >= 0.6 is 0 Å². The van der Waals surface area contributed by atoms with E-state index >= 15 is 0 Å². The molecule has 0 aliphatic heterocycles. The van der Waals surface area contributed by atoms with Gasteiger partial charge in [0.05, 0.1) is 12.5 Å². The Morgan fingerprint density at radius 3 is 2.65 bits per heavy atom. The predicted molar refractivity (Wildman–Crippen MR) is 93.6 cm³/mol. The summed E-state index contributed by atoms with van der Waals surface area (Å²) in [5, 5.41) is 2.47. The second kappa shape index (κ2) is 4.83. The maximum absolute atomic E-state index is 12.7. The molecule has 2 heteroatoms. The van der Waals surface area contributed by atoms with Crippen LogP contribution in [0.2, 0.25) is 0 Å². The number of hydrogen-bond donors (Lipinski definition) is 0. The minimum atomic E-state index is -0.291. The van der Waals surface area contributed by atoms with Crippen LogP contribution in [-0.2, 0) is 23.1 Å². The maximum Gasteiger partial charge on any atom is 0.147 e. The predicted octanol–water partition coefficient (Wildman–Crippen LogP) is 4.69. The van der Waals surface area contributed by atoms with Crippen LogP contribution in [0, 0.1) is 0 Å². The van der Waals surface area contributed by atoms with Gasteiger partial charge in [-0.05, 0) is 60.2 Å². The molecular formula is C21H24O2. The van der Waals surface area contributed by atoms with Gasteiger partial charge < -0.3 is 4.74 Å². The van der Waals surface area contributed by atoms with Gasteiger partial charge in [-0.2, -0.15) is 0 Å². The van der Waals surface area contributed by atoms with Gasteiger partial charge >= 0.3 is 0 Å². The summed E-state index contributed by atoms with van der Waals surface area (Å²) in [6.07, 6.45) is 3.68. The standard InChI is InChI=1S/C21H24O2/c1-12(2)13-7-8-14-15-6-5-9-21(3)18(22)11-17(19(15)21)20(23-4)16(14)10-13/h7-8,10,12H,5-6,9,11H2,1-4H3. The van der Waals surface area contributed by atoms with Crippen LogP contribution in [0.15, 0.2) is 18.2 Å². The van der Waals surface area contributed by atoms with Gasteiger partial charge in [0.25, 0.3) is 0 Å². The number of ether oxygens (including phenoxy) is 1. The van der Waals surface area contributed by atoms with Crippen LogP contribution in [0.3, 0.4) is 0 Å². The van der Waals surface area contributed by atoms with E-state index in [0.29, 0.717) is 18.1 Å². The smallest absolute Gasteiger partial charge is 0.147 e. The van der Waals surface area contributed by atoms with Crippen LogP contribution in [0.1, 0.15) is 61.8 Å². The van der Waals surface area contributed by atoms with Crippen molar-refractivity contribution in [1.82, 2.24) is 0 Å². The van der Waals surface area contributed by atoms with Crippen molar-refractivity contribution in [2.45, 2.75) is 57.8 Å². The molecule has 2 nitrogen and oxygen atoms in total. The van der Waals surface area contributed by atoms with Gasteiger partial charge in [-0.15, -0.1) is 0 Å². The molecule has 0 aromatic heterocycles. The van der Waals surface area contributed by atoms with E-state index in [4.69, 9.17) is 4.74 Å². The molecule has 1 atom stereocenters. The van der Waals surface area contributed by atoms with Crippen molar-refractivity contribution in [3.63, 3.8) is 0 Å². The lowest BCUT2D eigenvalue weighted by Crippen LogP contribution is -2.32. The molecule has 1 unspecified atom stereocenters. The Morgan fingerprint density at radius 2 is 1.96 bits per heavy atom. The van der Waals surface area contributed by atoms with Crippen LogP contribution in [0.5, 0.6) is 5.75 Å². The first-order chi connectivity index (χ1) is 11.0. The van der Waals surface area contributed by atoms with E-state index in [2.05, 4.69) is 39.0 Å². The Balaban J connectivity index is 2.13. The molecule has 0 radical (unpaired) electrons. The molecule has 120 valence electrons. The number of carbonyl (C=O) groups excluding carboxylic acids is 1. The number of benzene rings is 2. The van der Waals surface area contributed by atoms with Crippen LogP contribution in [0.25, 0.3) is 10.8 Å². The van der Waals surface area contributed by atoms with Crippen molar-refractivity contribution in [1.29, 1.82) is 0 Å². The Bertz CT molecular complexity index is 832. The molecule has 2 aromatic rings. The third-order valence-electron chi connectivity index (χ3n) is 5.97. The summed E-state index contributed by atoms with van der Waals surface area (Å²) in [6.45, 7) is 6.56. The van der Waals surface area contributed by atoms with Gasteiger partial charge in [0.2, 0.25) is 0 Å². The molecule has 0 fully saturated rings. The van der Waals surface area contributed by atoms with Gasteiger partial charge in [-0.3, -0.25) is 4.79 Å². The third kappa shape index (κ3) is 1.84. The zero-order chi connectivity index (χ0) is 16.4. The fourth-order valence-corrected chi connectivity index (χ4v) is 4.67. The number of ketones is 1. The topological polar surface area (TPSA) is 26.3 Å². The first-order valence-electron chi connectivity index (χ1n) is 8.66. The van der Waals surface area contributed by atoms with Crippen molar-refractivity contribution in [2.75, 3.05) is 7.11 Å². The summed E-state index contributed by atoms with van der Waals surface area (Å²) in [6, 6.07) is 6.75. The lowest BCUT2D eigenvalue weighted by molar-refractivity contribution is -0.122. The summed E-state index contributed by atoms with van der Waals surface area (Å²) in [7, 11) is 1.74. The SMILES string of the molecule is COc1c2c3c(c4ccc(C(C)C)cc14)CCCC3(C)C(=O)C2. The average molecular weight is 308 g/mol.